The third kappa shape index (κ3) is 4.35. The van der Waals surface area contributed by atoms with Crippen molar-refractivity contribution >= 4 is 45.0 Å². The van der Waals surface area contributed by atoms with Crippen LogP contribution in [0.15, 0.2) is 48.5 Å². The molecule has 8 nitrogen and oxygen atoms in total. The van der Waals surface area contributed by atoms with E-state index in [4.69, 9.17) is 4.74 Å². The van der Waals surface area contributed by atoms with Crippen molar-refractivity contribution in [1.29, 1.82) is 0 Å². The van der Waals surface area contributed by atoms with E-state index in [1.165, 1.54) is 4.90 Å². The smallest absolute Gasteiger partial charge is 0.265 e. The van der Waals surface area contributed by atoms with Gasteiger partial charge in [-0.05, 0) is 24.3 Å². The van der Waals surface area contributed by atoms with Gasteiger partial charge >= 0.3 is 0 Å². The van der Waals surface area contributed by atoms with E-state index < -0.39 is 5.91 Å². The highest BCUT2D eigenvalue weighted by atomic mass is 32.1. The van der Waals surface area contributed by atoms with Crippen molar-refractivity contribution in [2.75, 3.05) is 18.1 Å². The standard InChI is InChI=1S/C20H18N4O4S/c25-17(9-10-19-21-13-5-1-4-8-16(13)29-19)22-23-18(26)11-24-14-6-2-3-7-15(14)28-12-20(24)27/h1-8H,9-12H2,(H,22,25)(H,23,26). The molecule has 1 aliphatic heterocycles. The van der Waals surface area contributed by atoms with E-state index in [1.807, 2.05) is 24.3 Å². The molecule has 2 heterocycles. The van der Waals surface area contributed by atoms with Gasteiger partial charge in [0.15, 0.2) is 6.61 Å². The first-order chi connectivity index (χ1) is 14.1. The first-order valence-electron chi connectivity index (χ1n) is 9.04. The number of carbonyl (C=O) groups is 3. The number of aromatic nitrogens is 1. The van der Waals surface area contributed by atoms with Crippen LogP contribution in [-0.4, -0.2) is 35.9 Å². The minimum Gasteiger partial charge on any atom is -0.482 e. The van der Waals surface area contributed by atoms with Gasteiger partial charge in [-0.15, -0.1) is 11.3 Å². The second-order valence-corrected chi connectivity index (χ2v) is 7.52. The fraction of sp³-hybridized carbons (Fsp3) is 0.200. The van der Waals surface area contributed by atoms with Gasteiger partial charge in [0.1, 0.15) is 12.3 Å². The van der Waals surface area contributed by atoms with Crippen molar-refractivity contribution < 1.29 is 19.1 Å². The fourth-order valence-electron chi connectivity index (χ4n) is 2.96. The van der Waals surface area contributed by atoms with Gasteiger partial charge in [0, 0.05) is 12.8 Å². The Morgan fingerprint density at radius 2 is 1.83 bits per heavy atom. The van der Waals surface area contributed by atoms with Crippen LogP contribution in [0.1, 0.15) is 11.4 Å². The number of nitrogens with zero attached hydrogens (tertiary/aromatic N) is 2. The molecule has 0 unspecified atom stereocenters. The number of aryl methyl sites for hydroxylation is 1. The Bertz CT molecular complexity index is 1050. The van der Waals surface area contributed by atoms with Gasteiger partial charge in [0.05, 0.1) is 20.9 Å². The lowest BCUT2D eigenvalue weighted by Crippen LogP contribution is -2.49. The van der Waals surface area contributed by atoms with E-state index >= 15 is 0 Å². The number of hydrogen-bond donors (Lipinski definition) is 2. The van der Waals surface area contributed by atoms with Crippen molar-refractivity contribution in [3.63, 3.8) is 0 Å². The molecular weight excluding hydrogens is 392 g/mol. The summed E-state index contributed by atoms with van der Waals surface area (Å²) < 4.78 is 6.42. The number of ether oxygens (including phenoxy) is 1. The second kappa shape index (κ2) is 8.27. The van der Waals surface area contributed by atoms with Crippen LogP contribution in [0.5, 0.6) is 5.75 Å². The molecule has 9 heteroatoms. The van der Waals surface area contributed by atoms with Crippen molar-refractivity contribution in [2.45, 2.75) is 12.8 Å². The third-order valence-corrected chi connectivity index (χ3v) is 5.45. The van der Waals surface area contributed by atoms with E-state index in [9.17, 15) is 14.4 Å². The number of rotatable bonds is 5. The van der Waals surface area contributed by atoms with Crippen LogP contribution in [0.3, 0.4) is 0 Å². The quantitative estimate of drug-likeness (QED) is 0.625. The third-order valence-electron chi connectivity index (χ3n) is 4.36. The molecule has 29 heavy (non-hydrogen) atoms. The molecule has 0 saturated carbocycles. The maximum Gasteiger partial charge on any atom is 0.265 e. The monoisotopic (exact) mass is 410 g/mol. The largest absolute Gasteiger partial charge is 0.482 e. The molecule has 0 fully saturated rings. The van der Waals surface area contributed by atoms with Crippen LogP contribution in [0.2, 0.25) is 0 Å². The maximum atomic E-state index is 12.2. The number of nitrogens with one attached hydrogen (secondary N) is 2. The van der Waals surface area contributed by atoms with Gasteiger partial charge in [-0.1, -0.05) is 24.3 Å². The fourth-order valence-corrected chi connectivity index (χ4v) is 3.93. The number of benzene rings is 2. The molecular formula is C20H18N4O4S. The van der Waals surface area contributed by atoms with E-state index in [0.717, 1.165) is 15.2 Å². The number of hydrogen-bond acceptors (Lipinski definition) is 6. The highest BCUT2D eigenvalue weighted by molar-refractivity contribution is 7.18. The van der Waals surface area contributed by atoms with Crippen molar-refractivity contribution in [2.24, 2.45) is 0 Å². The zero-order valence-corrected chi connectivity index (χ0v) is 16.2. The molecule has 0 bridgehead atoms. The van der Waals surface area contributed by atoms with Gasteiger partial charge in [-0.25, -0.2) is 4.98 Å². The Hall–Kier alpha value is -3.46. The Morgan fingerprint density at radius 1 is 1.07 bits per heavy atom. The summed E-state index contributed by atoms with van der Waals surface area (Å²) in [7, 11) is 0. The molecule has 2 aromatic carbocycles. The Morgan fingerprint density at radius 3 is 2.69 bits per heavy atom. The van der Waals surface area contributed by atoms with Gasteiger partial charge in [0.2, 0.25) is 5.91 Å². The number of fused-ring (bicyclic) bond motifs is 2. The lowest BCUT2D eigenvalue weighted by molar-refractivity contribution is -0.129. The van der Waals surface area contributed by atoms with E-state index in [2.05, 4.69) is 15.8 Å². The summed E-state index contributed by atoms with van der Waals surface area (Å²) in [5, 5.41) is 0.864. The van der Waals surface area contributed by atoms with Crippen LogP contribution in [0.25, 0.3) is 10.2 Å². The molecule has 0 saturated heterocycles. The summed E-state index contributed by atoms with van der Waals surface area (Å²) in [6.45, 7) is -0.337. The number of para-hydroxylation sites is 3. The van der Waals surface area contributed by atoms with Crippen molar-refractivity contribution in [3.8, 4) is 5.75 Å². The van der Waals surface area contributed by atoms with Gasteiger partial charge in [-0.2, -0.15) is 0 Å². The predicted octanol–water partition coefficient (Wildman–Crippen LogP) is 1.80. The summed E-state index contributed by atoms with van der Waals surface area (Å²) in [4.78, 5) is 42.1. The van der Waals surface area contributed by atoms with Crippen LogP contribution in [0.4, 0.5) is 5.69 Å². The number of amides is 3. The van der Waals surface area contributed by atoms with Gasteiger partial charge < -0.3 is 4.74 Å². The number of carbonyl (C=O) groups excluding carboxylic acids is 3. The summed E-state index contributed by atoms with van der Waals surface area (Å²) >= 11 is 1.55. The number of thiazole rings is 1. The molecule has 0 radical (unpaired) electrons. The number of hydrazine groups is 1. The van der Waals surface area contributed by atoms with Crippen LogP contribution in [-0.2, 0) is 20.8 Å². The molecule has 3 amide bonds. The van der Waals surface area contributed by atoms with E-state index in [0.29, 0.717) is 17.9 Å². The first kappa shape index (κ1) is 18.9. The molecule has 0 spiro atoms. The van der Waals surface area contributed by atoms with Crippen molar-refractivity contribution in [3.05, 3.63) is 53.5 Å². The molecule has 3 aromatic rings. The molecule has 148 valence electrons. The van der Waals surface area contributed by atoms with Gasteiger partial charge in [-0.3, -0.25) is 30.1 Å². The Labute approximate surface area is 170 Å². The predicted molar refractivity (Wildman–Crippen MR) is 109 cm³/mol. The summed E-state index contributed by atoms with van der Waals surface area (Å²) in [5.74, 6) is -0.601. The highest BCUT2D eigenvalue weighted by Gasteiger charge is 2.27. The molecule has 1 aliphatic rings. The lowest BCUT2D eigenvalue weighted by Gasteiger charge is -2.28. The summed E-state index contributed by atoms with van der Waals surface area (Å²) in [5.41, 5.74) is 6.18. The minimum atomic E-state index is -0.497. The first-order valence-corrected chi connectivity index (χ1v) is 9.86. The minimum absolute atomic E-state index is 0.126. The lowest BCUT2D eigenvalue weighted by atomic mass is 10.2. The second-order valence-electron chi connectivity index (χ2n) is 6.41. The molecule has 0 aliphatic carbocycles. The van der Waals surface area contributed by atoms with Crippen LogP contribution < -0.4 is 20.5 Å². The van der Waals surface area contributed by atoms with E-state index in [-0.39, 0.29) is 31.4 Å². The summed E-state index contributed by atoms with van der Waals surface area (Å²) in [6, 6.07) is 14.8. The summed E-state index contributed by atoms with van der Waals surface area (Å²) in [6.07, 6.45) is 0.676. The molecule has 1 aromatic heterocycles. The van der Waals surface area contributed by atoms with E-state index in [1.54, 1.807) is 35.6 Å². The molecule has 4 rings (SSSR count). The SMILES string of the molecule is O=C(CCc1nc2ccccc2s1)NNC(=O)CN1C(=O)COc2ccccc21. The Balaban J connectivity index is 1.27. The highest BCUT2D eigenvalue weighted by Crippen LogP contribution is 2.31. The molecule has 0 atom stereocenters. The zero-order chi connectivity index (χ0) is 20.2. The molecule has 2 N–H and O–H groups in total. The normalized spacial score (nSPS) is 13.0. The van der Waals surface area contributed by atoms with Crippen LogP contribution in [0, 0.1) is 0 Å². The average Bonchev–Trinajstić information content (AvgIpc) is 3.16. The topological polar surface area (TPSA) is 101 Å². The van der Waals surface area contributed by atoms with Crippen molar-refractivity contribution in [1.82, 2.24) is 15.8 Å². The van der Waals surface area contributed by atoms with Crippen LogP contribution >= 0.6 is 11.3 Å². The van der Waals surface area contributed by atoms with Gasteiger partial charge in [0.25, 0.3) is 11.8 Å². The average molecular weight is 410 g/mol. The Kier molecular flexibility index (Phi) is 5.39. The zero-order valence-electron chi connectivity index (χ0n) is 15.4. The number of anilines is 1. The maximum absolute atomic E-state index is 12.2.